The lowest BCUT2D eigenvalue weighted by Gasteiger charge is -2.44. The van der Waals surface area contributed by atoms with Gasteiger partial charge < -0.3 is 14.5 Å². The van der Waals surface area contributed by atoms with E-state index in [1.165, 1.54) is 0 Å². The minimum absolute atomic E-state index is 0.202. The standard InChI is InChI=1S/C23H24ClN5O6S2/c1-25-22(36)23(15-5-8-20-26-10-11-28(20)14-15)9-3-2-4-19(23)35-21(30)13-27-37(33,34)16-6-7-17(24)18(12-16)29(31)32/h5-8,10-12,14,19,27H,2-4,9,13H2,1H3,(H,25,36). The molecule has 0 bridgehead atoms. The molecule has 14 heteroatoms. The number of esters is 1. The van der Waals surface area contributed by atoms with Gasteiger partial charge in [-0.3, -0.25) is 14.9 Å². The predicted molar refractivity (Wildman–Crippen MR) is 140 cm³/mol. The normalized spacial score (nSPS) is 19.9. The molecular formula is C23H24ClN5O6S2. The zero-order chi connectivity index (χ0) is 26.8. The Kier molecular flexibility index (Phi) is 7.78. The lowest BCUT2D eigenvalue weighted by molar-refractivity contribution is -0.384. The Bertz CT molecular complexity index is 1480. The molecule has 1 aliphatic carbocycles. The van der Waals surface area contributed by atoms with E-state index in [-0.39, 0.29) is 5.02 Å². The number of aromatic nitrogens is 2. The molecular weight excluding hydrogens is 542 g/mol. The molecule has 0 radical (unpaired) electrons. The highest BCUT2D eigenvalue weighted by Gasteiger charge is 2.48. The van der Waals surface area contributed by atoms with Gasteiger partial charge in [-0.25, -0.2) is 13.4 Å². The van der Waals surface area contributed by atoms with Gasteiger partial charge in [0.25, 0.3) is 5.69 Å². The van der Waals surface area contributed by atoms with Crippen LogP contribution in [-0.2, 0) is 25.0 Å². The summed E-state index contributed by atoms with van der Waals surface area (Å²) in [6, 6.07) is 6.84. The van der Waals surface area contributed by atoms with Crippen LogP contribution in [0, 0.1) is 10.1 Å². The number of benzene rings is 1. The van der Waals surface area contributed by atoms with Gasteiger partial charge in [0.15, 0.2) is 0 Å². The number of pyridine rings is 1. The van der Waals surface area contributed by atoms with E-state index in [4.69, 9.17) is 28.6 Å². The third-order valence-corrected chi connectivity index (χ3v) is 8.76. The summed E-state index contributed by atoms with van der Waals surface area (Å²) in [5.74, 6) is -0.800. The Morgan fingerprint density at radius 1 is 1.35 bits per heavy atom. The van der Waals surface area contributed by atoms with Gasteiger partial charge in [-0.15, -0.1) is 0 Å². The molecule has 37 heavy (non-hydrogen) atoms. The maximum Gasteiger partial charge on any atom is 0.321 e. The van der Waals surface area contributed by atoms with Crippen LogP contribution in [0.25, 0.3) is 5.65 Å². The number of nitro groups is 1. The largest absolute Gasteiger partial charge is 0.460 e. The average Bonchev–Trinajstić information content (AvgIpc) is 3.35. The van der Waals surface area contributed by atoms with Crippen molar-refractivity contribution in [3.05, 3.63) is 69.6 Å². The van der Waals surface area contributed by atoms with E-state index in [1.54, 1.807) is 13.2 Å². The fraction of sp³-hybridized carbons (Fsp3) is 0.348. The van der Waals surface area contributed by atoms with Gasteiger partial charge in [0.05, 0.1) is 20.2 Å². The Morgan fingerprint density at radius 2 is 2.14 bits per heavy atom. The number of likely N-dealkylation sites (N-methyl/N-ethyl adjacent to an activating group) is 1. The Labute approximate surface area is 223 Å². The number of thiocarbonyl (C=S) groups is 1. The Balaban J connectivity index is 1.56. The number of sulfonamides is 1. The highest BCUT2D eigenvalue weighted by molar-refractivity contribution is 7.89. The third kappa shape index (κ3) is 5.30. The molecule has 4 rings (SSSR count). The number of nitrogens with zero attached hydrogens (tertiary/aromatic N) is 3. The summed E-state index contributed by atoms with van der Waals surface area (Å²) in [4.78, 5) is 27.6. The van der Waals surface area contributed by atoms with E-state index >= 15 is 0 Å². The summed E-state index contributed by atoms with van der Waals surface area (Å²) in [5, 5.41) is 14.0. The zero-order valence-electron chi connectivity index (χ0n) is 19.7. The van der Waals surface area contributed by atoms with Gasteiger partial charge >= 0.3 is 5.97 Å². The van der Waals surface area contributed by atoms with Crippen LogP contribution >= 0.6 is 23.8 Å². The highest BCUT2D eigenvalue weighted by atomic mass is 35.5. The fourth-order valence-electron chi connectivity index (χ4n) is 4.67. The second-order valence-electron chi connectivity index (χ2n) is 8.58. The Morgan fingerprint density at radius 3 is 2.86 bits per heavy atom. The summed E-state index contributed by atoms with van der Waals surface area (Å²) in [6.07, 6.45) is 7.59. The van der Waals surface area contributed by atoms with Crippen LogP contribution in [0.15, 0.2) is 53.8 Å². The molecule has 196 valence electrons. The van der Waals surface area contributed by atoms with E-state index in [1.807, 2.05) is 28.9 Å². The number of nitro benzene ring substituents is 1. The molecule has 1 saturated carbocycles. The monoisotopic (exact) mass is 565 g/mol. The number of ether oxygens (including phenoxy) is 1. The maximum absolute atomic E-state index is 12.9. The first-order valence-electron chi connectivity index (χ1n) is 11.4. The van der Waals surface area contributed by atoms with E-state index in [0.29, 0.717) is 17.8 Å². The molecule has 0 saturated heterocycles. The lowest BCUT2D eigenvalue weighted by atomic mass is 9.67. The van der Waals surface area contributed by atoms with Gasteiger partial charge in [0, 0.05) is 31.7 Å². The molecule has 0 amide bonds. The lowest BCUT2D eigenvalue weighted by Crippen LogP contribution is -2.54. The van der Waals surface area contributed by atoms with Crippen LogP contribution in [0.2, 0.25) is 5.02 Å². The summed E-state index contributed by atoms with van der Waals surface area (Å²) < 4.78 is 35.2. The Hall–Kier alpha value is -3.13. The van der Waals surface area contributed by atoms with E-state index in [9.17, 15) is 23.3 Å². The molecule has 0 aliphatic heterocycles. The molecule has 2 unspecified atom stereocenters. The highest BCUT2D eigenvalue weighted by Crippen LogP contribution is 2.42. The molecule has 1 aliphatic rings. The van der Waals surface area contributed by atoms with Crippen LogP contribution in [0.1, 0.15) is 31.2 Å². The molecule has 2 aromatic heterocycles. The predicted octanol–water partition coefficient (Wildman–Crippen LogP) is 3.14. The van der Waals surface area contributed by atoms with Crippen molar-refractivity contribution in [1.29, 1.82) is 0 Å². The van der Waals surface area contributed by atoms with Gasteiger partial charge in [-0.2, -0.15) is 4.72 Å². The summed E-state index contributed by atoms with van der Waals surface area (Å²) in [6.45, 7) is -0.668. The average molecular weight is 566 g/mol. The van der Waals surface area contributed by atoms with Crippen LogP contribution < -0.4 is 10.0 Å². The second-order valence-corrected chi connectivity index (χ2v) is 11.2. The van der Waals surface area contributed by atoms with Crippen LogP contribution in [-0.4, -0.2) is 53.4 Å². The number of hydrogen-bond acceptors (Lipinski definition) is 8. The number of imidazole rings is 1. The van der Waals surface area contributed by atoms with Crippen LogP contribution in [0.4, 0.5) is 5.69 Å². The molecule has 1 fully saturated rings. The number of carbonyl (C=O) groups is 1. The summed E-state index contributed by atoms with van der Waals surface area (Å²) >= 11 is 11.5. The SMILES string of the molecule is CNC(=S)C1(c2ccc3nccn3c2)CCCCC1OC(=O)CNS(=O)(=O)c1ccc(Cl)c([N+](=O)[O-])c1. The van der Waals surface area contributed by atoms with Crippen molar-refractivity contribution in [2.24, 2.45) is 0 Å². The number of carbonyl (C=O) groups excluding carboxylic acids is 1. The van der Waals surface area contributed by atoms with Crippen molar-refractivity contribution in [3.8, 4) is 0 Å². The smallest absolute Gasteiger partial charge is 0.321 e. The van der Waals surface area contributed by atoms with Crippen molar-refractivity contribution in [2.75, 3.05) is 13.6 Å². The first-order valence-corrected chi connectivity index (χ1v) is 13.6. The number of halogens is 1. The van der Waals surface area contributed by atoms with Crippen molar-refractivity contribution < 1.29 is 22.9 Å². The summed E-state index contributed by atoms with van der Waals surface area (Å²) in [5.41, 5.74) is 0.237. The van der Waals surface area contributed by atoms with E-state index in [0.717, 1.165) is 42.3 Å². The number of rotatable bonds is 8. The van der Waals surface area contributed by atoms with Crippen LogP contribution in [0.5, 0.6) is 0 Å². The topological polar surface area (TPSA) is 145 Å². The summed E-state index contributed by atoms with van der Waals surface area (Å²) in [7, 11) is -2.54. The molecule has 1 aromatic carbocycles. The number of nitrogens with one attached hydrogen (secondary N) is 2. The van der Waals surface area contributed by atoms with Crippen molar-refractivity contribution in [3.63, 3.8) is 0 Å². The van der Waals surface area contributed by atoms with Gasteiger partial charge in [-0.1, -0.05) is 36.3 Å². The minimum Gasteiger partial charge on any atom is -0.460 e. The van der Waals surface area contributed by atoms with E-state index in [2.05, 4.69) is 15.0 Å². The van der Waals surface area contributed by atoms with Crippen LogP contribution in [0.3, 0.4) is 0 Å². The van der Waals surface area contributed by atoms with Crippen molar-refractivity contribution in [1.82, 2.24) is 19.4 Å². The van der Waals surface area contributed by atoms with Crippen molar-refractivity contribution >= 4 is 56.1 Å². The maximum atomic E-state index is 12.9. The molecule has 2 heterocycles. The second kappa shape index (κ2) is 10.7. The van der Waals surface area contributed by atoms with E-state index < -0.39 is 49.6 Å². The molecule has 2 atom stereocenters. The van der Waals surface area contributed by atoms with Crippen molar-refractivity contribution in [2.45, 2.75) is 42.1 Å². The minimum atomic E-state index is -4.25. The molecule has 0 spiro atoms. The third-order valence-electron chi connectivity index (χ3n) is 6.48. The quantitative estimate of drug-likeness (QED) is 0.182. The molecule has 11 nitrogen and oxygen atoms in total. The first-order chi connectivity index (χ1) is 17.6. The molecule has 2 N–H and O–H groups in total. The number of hydrogen-bond donors (Lipinski definition) is 2. The van der Waals surface area contributed by atoms with Gasteiger partial charge in [-0.05, 0) is 43.0 Å². The zero-order valence-corrected chi connectivity index (χ0v) is 22.1. The fourth-order valence-corrected chi connectivity index (χ4v) is 6.19. The molecule has 3 aromatic rings. The van der Waals surface area contributed by atoms with Gasteiger partial charge in [0.2, 0.25) is 10.0 Å². The number of fused-ring (bicyclic) bond motifs is 1. The first kappa shape index (κ1) is 26.9. The van der Waals surface area contributed by atoms with Gasteiger partial charge in [0.1, 0.15) is 23.3 Å².